The highest BCUT2D eigenvalue weighted by molar-refractivity contribution is 6.12. The highest BCUT2D eigenvalue weighted by atomic mass is 16.2. The zero-order valence-corrected chi connectivity index (χ0v) is 17.5. The van der Waals surface area contributed by atoms with Crippen molar-refractivity contribution in [3.8, 4) is 0 Å². The molecule has 1 aliphatic rings. The highest BCUT2D eigenvalue weighted by Crippen LogP contribution is 2.37. The van der Waals surface area contributed by atoms with E-state index in [1.807, 2.05) is 48.2 Å². The number of aromatic nitrogens is 2. The molecule has 2 aromatic heterocycles. The first kappa shape index (κ1) is 19.0. The van der Waals surface area contributed by atoms with Crippen molar-refractivity contribution in [2.24, 2.45) is 0 Å². The van der Waals surface area contributed by atoms with E-state index in [-0.39, 0.29) is 5.91 Å². The largest absolute Gasteiger partial charge is 0.309 e. The maximum Gasteiger partial charge on any atom is 0.261 e. The van der Waals surface area contributed by atoms with Crippen molar-refractivity contribution in [1.29, 1.82) is 0 Å². The van der Waals surface area contributed by atoms with E-state index in [4.69, 9.17) is 0 Å². The van der Waals surface area contributed by atoms with Gasteiger partial charge in [-0.05, 0) is 53.1 Å². The summed E-state index contributed by atoms with van der Waals surface area (Å²) in [6.07, 6.45) is 7.59. The Bertz CT molecular complexity index is 1330. The van der Waals surface area contributed by atoms with Gasteiger partial charge < -0.3 is 9.80 Å². The molecule has 0 N–H and O–H groups in total. The van der Waals surface area contributed by atoms with Crippen LogP contribution in [0.2, 0.25) is 0 Å². The van der Waals surface area contributed by atoms with Crippen LogP contribution in [0.4, 0.5) is 17.3 Å². The molecule has 5 nitrogen and oxygen atoms in total. The Morgan fingerprint density at radius 1 is 0.871 bits per heavy atom. The molecule has 152 valence electrons. The van der Waals surface area contributed by atoms with Gasteiger partial charge in [0.1, 0.15) is 5.82 Å². The molecular formula is C26H22N4O. The van der Waals surface area contributed by atoms with E-state index in [1.54, 1.807) is 24.3 Å². The fourth-order valence-corrected chi connectivity index (χ4v) is 3.99. The quantitative estimate of drug-likeness (QED) is 0.448. The number of rotatable bonds is 3. The lowest BCUT2D eigenvalue weighted by Crippen LogP contribution is -2.25. The second-order valence-electron chi connectivity index (χ2n) is 7.53. The molecule has 0 spiro atoms. The van der Waals surface area contributed by atoms with Crippen LogP contribution in [0, 0.1) is 0 Å². The zero-order chi connectivity index (χ0) is 21.4. The highest BCUT2D eigenvalue weighted by Gasteiger charge is 2.30. The Hall–Kier alpha value is -3.99. The van der Waals surface area contributed by atoms with Crippen LogP contribution in [0.5, 0.6) is 0 Å². The van der Waals surface area contributed by atoms with Gasteiger partial charge in [-0.3, -0.25) is 4.79 Å². The molecule has 0 saturated carbocycles. The molecule has 0 saturated heterocycles. The molecule has 4 aromatic rings. The molecule has 0 fully saturated rings. The van der Waals surface area contributed by atoms with Crippen LogP contribution in [0.15, 0.2) is 73.1 Å². The van der Waals surface area contributed by atoms with Gasteiger partial charge in [0.05, 0.1) is 11.3 Å². The van der Waals surface area contributed by atoms with Crippen LogP contribution in [-0.4, -0.2) is 29.5 Å². The van der Waals surface area contributed by atoms with Crippen LogP contribution in [0.1, 0.15) is 28.4 Å². The van der Waals surface area contributed by atoms with Crippen LogP contribution < -0.4 is 9.80 Å². The third-order valence-corrected chi connectivity index (χ3v) is 5.62. The molecule has 0 unspecified atom stereocenters. The molecule has 0 radical (unpaired) electrons. The van der Waals surface area contributed by atoms with Gasteiger partial charge >= 0.3 is 0 Å². The van der Waals surface area contributed by atoms with Gasteiger partial charge in [-0.15, -0.1) is 0 Å². The second-order valence-corrected chi connectivity index (χ2v) is 7.53. The standard InChI is InChI=1S/C26H22N4O/c1-3-30-24-22(26(31)29(2)23-9-6-14-27-25(23)30)16-19(17-28-24)11-10-18-12-13-20-7-4-5-8-21(20)15-18/h4-17H,3H2,1-2H3/b11-10+. The van der Waals surface area contributed by atoms with E-state index in [0.717, 1.165) is 22.6 Å². The lowest BCUT2D eigenvalue weighted by Gasteiger charge is -2.22. The molecule has 0 aliphatic carbocycles. The first-order valence-corrected chi connectivity index (χ1v) is 10.3. The topological polar surface area (TPSA) is 49.3 Å². The van der Waals surface area contributed by atoms with Crippen LogP contribution in [0.25, 0.3) is 22.9 Å². The van der Waals surface area contributed by atoms with E-state index < -0.39 is 0 Å². The minimum atomic E-state index is -0.0892. The van der Waals surface area contributed by atoms with Gasteiger partial charge in [0.25, 0.3) is 5.91 Å². The number of pyridine rings is 2. The molecular weight excluding hydrogens is 384 g/mol. The molecule has 0 bridgehead atoms. The number of fused-ring (bicyclic) bond motifs is 3. The first-order chi connectivity index (χ1) is 15.2. The maximum absolute atomic E-state index is 13.2. The maximum atomic E-state index is 13.2. The normalized spacial score (nSPS) is 13.4. The summed E-state index contributed by atoms with van der Waals surface area (Å²) in [6.45, 7) is 2.70. The van der Waals surface area contributed by atoms with E-state index in [1.165, 1.54) is 10.8 Å². The lowest BCUT2D eigenvalue weighted by atomic mass is 10.1. The Morgan fingerprint density at radius 2 is 1.68 bits per heavy atom. The number of hydrogen-bond donors (Lipinski definition) is 0. The van der Waals surface area contributed by atoms with Crippen LogP contribution in [0.3, 0.4) is 0 Å². The summed E-state index contributed by atoms with van der Waals surface area (Å²) in [4.78, 5) is 26.1. The first-order valence-electron chi connectivity index (χ1n) is 10.3. The summed E-state index contributed by atoms with van der Waals surface area (Å²) in [5, 5.41) is 2.41. The second kappa shape index (κ2) is 7.69. The summed E-state index contributed by atoms with van der Waals surface area (Å²) in [5.41, 5.74) is 3.33. The smallest absolute Gasteiger partial charge is 0.261 e. The molecule has 1 amide bonds. The average Bonchev–Trinajstić information content (AvgIpc) is 2.91. The number of nitrogens with zero attached hydrogens (tertiary/aromatic N) is 4. The Kier molecular flexibility index (Phi) is 4.71. The van der Waals surface area contributed by atoms with Gasteiger partial charge in [-0.25, -0.2) is 9.97 Å². The summed E-state index contributed by atoms with van der Waals surface area (Å²) >= 11 is 0. The van der Waals surface area contributed by atoms with Crippen molar-refractivity contribution in [3.63, 3.8) is 0 Å². The van der Waals surface area contributed by atoms with Crippen molar-refractivity contribution in [3.05, 3.63) is 89.7 Å². The molecule has 31 heavy (non-hydrogen) atoms. The number of carbonyl (C=O) groups excluding carboxylic acids is 1. The number of benzene rings is 2. The minimum absolute atomic E-state index is 0.0892. The fourth-order valence-electron chi connectivity index (χ4n) is 3.99. The molecule has 5 heteroatoms. The van der Waals surface area contributed by atoms with Crippen molar-refractivity contribution in [2.75, 3.05) is 23.4 Å². The summed E-state index contributed by atoms with van der Waals surface area (Å²) < 4.78 is 0. The van der Waals surface area contributed by atoms with Crippen molar-refractivity contribution >= 4 is 46.2 Å². The van der Waals surface area contributed by atoms with E-state index in [0.29, 0.717) is 17.9 Å². The summed E-state index contributed by atoms with van der Waals surface area (Å²) in [5.74, 6) is 1.29. The zero-order valence-electron chi connectivity index (χ0n) is 17.5. The van der Waals surface area contributed by atoms with Gasteiger partial charge in [0, 0.05) is 26.0 Å². The van der Waals surface area contributed by atoms with Gasteiger partial charge in [0.15, 0.2) is 5.82 Å². The van der Waals surface area contributed by atoms with Gasteiger partial charge in [-0.1, -0.05) is 48.6 Å². The monoisotopic (exact) mass is 406 g/mol. The molecule has 5 rings (SSSR count). The predicted molar refractivity (Wildman–Crippen MR) is 127 cm³/mol. The summed E-state index contributed by atoms with van der Waals surface area (Å²) in [6, 6.07) is 20.3. The lowest BCUT2D eigenvalue weighted by molar-refractivity contribution is 0.0994. The van der Waals surface area contributed by atoms with E-state index >= 15 is 0 Å². The average molecular weight is 406 g/mol. The van der Waals surface area contributed by atoms with E-state index in [9.17, 15) is 4.79 Å². The Labute approximate surface area is 181 Å². The Balaban J connectivity index is 1.54. The molecule has 2 aromatic carbocycles. The SMILES string of the molecule is CCN1c2ncc(/C=C/c3ccc4ccccc4c3)cc2C(=O)N(C)c2cccnc21. The molecule has 3 heterocycles. The number of hydrogen-bond acceptors (Lipinski definition) is 4. The Morgan fingerprint density at radius 3 is 2.52 bits per heavy atom. The predicted octanol–water partition coefficient (Wildman–Crippen LogP) is 5.55. The van der Waals surface area contributed by atoms with Crippen molar-refractivity contribution in [1.82, 2.24) is 9.97 Å². The third kappa shape index (κ3) is 3.34. The number of anilines is 3. The van der Waals surface area contributed by atoms with E-state index in [2.05, 4.69) is 46.4 Å². The molecule has 1 aliphatic heterocycles. The van der Waals surface area contributed by atoms with Crippen molar-refractivity contribution in [2.45, 2.75) is 6.92 Å². The molecule has 0 atom stereocenters. The number of amides is 1. The van der Waals surface area contributed by atoms with Crippen molar-refractivity contribution < 1.29 is 4.79 Å². The van der Waals surface area contributed by atoms with Crippen LogP contribution in [-0.2, 0) is 0 Å². The number of carbonyl (C=O) groups is 1. The van der Waals surface area contributed by atoms with Gasteiger partial charge in [-0.2, -0.15) is 0 Å². The fraction of sp³-hybridized carbons (Fsp3) is 0.115. The van der Waals surface area contributed by atoms with Gasteiger partial charge in [0.2, 0.25) is 0 Å². The third-order valence-electron chi connectivity index (χ3n) is 5.62. The summed E-state index contributed by atoms with van der Waals surface area (Å²) in [7, 11) is 1.78. The minimum Gasteiger partial charge on any atom is -0.309 e. The van der Waals surface area contributed by atoms with Crippen LogP contribution >= 0.6 is 0 Å².